The maximum absolute atomic E-state index is 12.7. The summed E-state index contributed by atoms with van der Waals surface area (Å²) in [6.07, 6.45) is 8.74. The molecule has 1 N–H and O–H groups in total. The van der Waals surface area contributed by atoms with Crippen LogP contribution in [0.25, 0.3) is 0 Å². The Bertz CT molecular complexity index is 982. The molecule has 2 aromatic carbocycles. The monoisotopic (exact) mass is 435 g/mol. The number of hydrogen-bond donors (Lipinski definition) is 1. The summed E-state index contributed by atoms with van der Waals surface area (Å²) in [5, 5.41) is 3.14. The standard InChI is InChI=1S/C27H33NO4/c1-30-22-14-15-23(31-2)25-24(22)20-12-5-6-13-21(20)32-26(25)18-10-7-11-19(16-18)28-27(29)17-8-3-4-9-17/h7,10-11,14-17,20-21,26H,3-6,8-9,12-13H2,1-2H3,(H,28,29)/t20-,21-,26-/m1/s1. The molecule has 3 aliphatic rings. The molecule has 0 unspecified atom stereocenters. The van der Waals surface area contributed by atoms with Gasteiger partial charge in [0, 0.05) is 28.7 Å². The van der Waals surface area contributed by atoms with Gasteiger partial charge in [-0.3, -0.25) is 4.79 Å². The van der Waals surface area contributed by atoms with E-state index in [0.717, 1.165) is 66.8 Å². The van der Waals surface area contributed by atoms with E-state index in [1.807, 2.05) is 24.3 Å². The Kier molecular flexibility index (Phi) is 6.09. The molecule has 2 fully saturated rings. The van der Waals surface area contributed by atoms with E-state index in [0.29, 0.717) is 5.92 Å². The average Bonchev–Trinajstić information content (AvgIpc) is 3.38. The maximum atomic E-state index is 12.7. The van der Waals surface area contributed by atoms with E-state index in [4.69, 9.17) is 14.2 Å². The highest BCUT2D eigenvalue weighted by atomic mass is 16.5. The van der Waals surface area contributed by atoms with Gasteiger partial charge in [-0.15, -0.1) is 0 Å². The Morgan fingerprint density at radius 2 is 1.59 bits per heavy atom. The van der Waals surface area contributed by atoms with Crippen LogP contribution >= 0.6 is 0 Å². The fourth-order valence-electron chi connectivity index (χ4n) is 5.90. The van der Waals surface area contributed by atoms with Gasteiger partial charge in [0.2, 0.25) is 5.91 Å². The molecule has 2 aromatic rings. The molecule has 5 rings (SSSR count). The minimum Gasteiger partial charge on any atom is -0.496 e. The second kappa shape index (κ2) is 9.14. The molecule has 32 heavy (non-hydrogen) atoms. The van der Waals surface area contributed by atoms with Gasteiger partial charge in [-0.2, -0.15) is 0 Å². The zero-order valence-corrected chi connectivity index (χ0v) is 19.1. The van der Waals surface area contributed by atoms with Crippen molar-refractivity contribution < 1.29 is 19.0 Å². The van der Waals surface area contributed by atoms with Gasteiger partial charge >= 0.3 is 0 Å². The lowest BCUT2D eigenvalue weighted by Gasteiger charge is -2.42. The number of nitrogens with one attached hydrogen (secondary N) is 1. The van der Waals surface area contributed by atoms with Crippen LogP contribution < -0.4 is 14.8 Å². The smallest absolute Gasteiger partial charge is 0.227 e. The van der Waals surface area contributed by atoms with E-state index in [2.05, 4.69) is 17.4 Å². The highest BCUT2D eigenvalue weighted by molar-refractivity contribution is 5.92. The molecule has 0 saturated heterocycles. The molecular formula is C27H33NO4. The highest BCUT2D eigenvalue weighted by Crippen LogP contribution is 2.53. The number of methoxy groups -OCH3 is 2. The zero-order valence-electron chi connectivity index (χ0n) is 19.1. The summed E-state index contributed by atoms with van der Waals surface area (Å²) < 4.78 is 18.4. The number of ether oxygens (including phenoxy) is 3. The average molecular weight is 436 g/mol. The van der Waals surface area contributed by atoms with E-state index in [1.54, 1.807) is 14.2 Å². The number of benzene rings is 2. The summed E-state index contributed by atoms with van der Waals surface area (Å²) in [4.78, 5) is 12.7. The first-order valence-corrected chi connectivity index (χ1v) is 12.0. The highest BCUT2D eigenvalue weighted by Gasteiger charge is 2.41. The summed E-state index contributed by atoms with van der Waals surface area (Å²) in [6.45, 7) is 0. The Morgan fingerprint density at radius 3 is 2.34 bits per heavy atom. The van der Waals surface area contributed by atoms with Gasteiger partial charge in [-0.25, -0.2) is 0 Å². The van der Waals surface area contributed by atoms with Crippen LogP contribution in [0.5, 0.6) is 11.5 Å². The van der Waals surface area contributed by atoms with Crippen molar-refractivity contribution in [3.8, 4) is 11.5 Å². The first-order chi connectivity index (χ1) is 15.7. The number of carbonyl (C=O) groups is 1. The topological polar surface area (TPSA) is 56.8 Å². The van der Waals surface area contributed by atoms with Crippen LogP contribution in [-0.2, 0) is 9.53 Å². The van der Waals surface area contributed by atoms with Crippen molar-refractivity contribution in [3.63, 3.8) is 0 Å². The second-order valence-corrected chi connectivity index (χ2v) is 9.34. The Morgan fingerprint density at radius 1 is 0.906 bits per heavy atom. The van der Waals surface area contributed by atoms with Crippen LogP contribution in [0, 0.1) is 5.92 Å². The number of fused-ring (bicyclic) bond motifs is 3. The van der Waals surface area contributed by atoms with E-state index >= 15 is 0 Å². The quantitative estimate of drug-likeness (QED) is 0.628. The molecule has 0 radical (unpaired) electrons. The molecule has 1 aliphatic heterocycles. The number of amides is 1. The van der Waals surface area contributed by atoms with Crippen molar-refractivity contribution in [2.75, 3.05) is 19.5 Å². The Hall–Kier alpha value is -2.53. The lowest BCUT2D eigenvalue weighted by atomic mass is 9.75. The third-order valence-corrected chi connectivity index (χ3v) is 7.48. The lowest BCUT2D eigenvalue weighted by molar-refractivity contribution is -0.119. The molecule has 1 heterocycles. The van der Waals surface area contributed by atoms with Crippen LogP contribution in [0.15, 0.2) is 36.4 Å². The first-order valence-electron chi connectivity index (χ1n) is 12.0. The molecule has 5 nitrogen and oxygen atoms in total. The lowest BCUT2D eigenvalue weighted by Crippen LogP contribution is -2.34. The van der Waals surface area contributed by atoms with E-state index in [9.17, 15) is 4.79 Å². The molecule has 2 aliphatic carbocycles. The normalized spacial score (nSPS) is 25.0. The largest absolute Gasteiger partial charge is 0.496 e. The zero-order chi connectivity index (χ0) is 22.1. The van der Waals surface area contributed by atoms with Gasteiger partial charge in [-0.05, 0) is 55.5 Å². The van der Waals surface area contributed by atoms with Crippen molar-refractivity contribution in [2.24, 2.45) is 5.92 Å². The van der Waals surface area contributed by atoms with Crippen LogP contribution in [0.4, 0.5) is 5.69 Å². The molecule has 0 aromatic heterocycles. The molecule has 3 atom stereocenters. The molecule has 2 saturated carbocycles. The van der Waals surface area contributed by atoms with Crippen LogP contribution in [0.2, 0.25) is 0 Å². The Labute approximate surface area is 190 Å². The predicted molar refractivity (Wildman–Crippen MR) is 125 cm³/mol. The van der Waals surface area contributed by atoms with Crippen molar-refractivity contribution >= 4 is 11.6 Å². The summed E-state index contributed by atoms with van der Waals surface area (Å²) in [5.41, 5.74) is 4.16. The van der Waals surface area contributed by atoms with E-state index in [-0.39, 0.29) is 24.0 Å². The number of rotatable bonds is 5. The van der Waals surface area contributed by atoms with Crippen molar-refractivity contribution in [1.82, 2.24) is 0 Å². The summed E-state index contributed by atoms with van der Waals surface area (Å²) in [7, 11) is 3.45. The summed E-state index contributed by atoms with van der Waals surface area (Å²) in [6, 6.07) is 12.1. The minimum atomic E-state index is -0.252. The fourth-order valence-corrected chi connectivity index (χ4v) is 5.90. The van der Waals surface area contributed by atoms with Gasteiger partial charge in [0.25, 0.3) is 0 Å². The first kappa shape index (κ1) is 21.3. The van der Waals surface area contributed by atoms with Crippen LogP contribution in [0.1, 0.15) is 80.1 Å². The number of carbonyl (C=O) groups excluding carboxylic acids is 1. The van der Waals surface area contributed by atoms with Gasteiger partial charge < -0.3 is 19.5 Å². The van der Waals surface area contributed by atoms with Crippen LogP contribution in [0.3, 0.4) is 0 Å². The maximum Gasteiger partial charge on any atom is 0.227 e. The van der Waals surface area contributed by atoms with E-state index in [1.165, 1.54) is 18.4 Å². The second-order valence-electron chi connectivity index (χ2n) is 9.34. The van der Waals surface area contributed by atoms with Gasteiger partial charge in [0.05, 0.1) is 20.3 Å². The summed E-state index contributed by atoms with van der Waals surface area (Å²) >= 11 is 0. The number of anilines is 1. The third-order valence-electron chi connectivity index (χ3n) is 7.48. The SMILES string of the molecule is COc1ccc(OC)c2c1[C@@H](c1cccc(NC(=O)C3CCCC3)c1)O[C@@H]1CCCC[C@@H]21. The number of hydrogen-bond acceptors (Lipinski definition) is 4. The van der Waals surface area contributed by atoms with Gasteiger partial charge in [-0.1, -0.05) is 37.8 Å². The van der Waals surface area contributed by atoms with Gasteiger partial charge in [0.15, 0.2) is 0 Å². The molecule has 1 amide bonds. The minimum absolute atomic E-state index is 0.135. The van der Waals surface area contributed by atoms with Crippen molar-refractivity contribution in [1.29, 1.82) is 0 Å². The van der Waals surface area contributed by atoms with Crippen LogP contribution in [-0.4, -0.2) is 26.2 Å². The molecular weight excluding hydrogens is 402 g/mol. The molecule has 170 valence electrons. The molecule has 0 spiro atoms. The van der Waals surface area contributed by atoms with E-state index < -0.39 is 0 Å². The van der Waals surface area contributed by atoms with Crippen molar-refractivity contribution in [2.45, 2.75) is 69.5 Å². The fraction of sp³-hybridized carbons (Fsp3) is 0.519. The predicted octanol–water partition coefficient (Wildman–Crippen LogP) is 5.98. The third kappa shape index (κ3) is 3.88. The molecule has 0 bridgehead atoms. The summed E-state index contributed by atoms with van der Waals surface area (Å²) in [5.74, 6) is 2.34. The van der Waals surface area contributed by atoms with Gasteiger partial charge in [0.1, 0.15) is 17.6 Å². The van der Waals surface area contributed by atoms with Crippen molar-refractivity contribution in [3.05, 3.63) is 53.1 Å². The Balaban J connectivity index is 1.53. The molecule has 5 heteroatoms.